The predicted octanol–water partition coefficient (Wildman–Crippen LogP) is 2.53. The van der Waals surface area contributed by atoms with Crippen LogP contribution >= 0.6 is 0 Å². The summed E-state index contributed by atoms with van der Waals surface area (Å²) < 4.78 is 1.67. The van der Waals surface area contributed by atoms with Gasteiger partial charge in [0.2, 0.25) is 5.91 Å². The number of nitrogens with one attached hydrogen (secondary N) is 1. The van der Waals surface area contributed by atoms with E-state index in [9.17, 15) is 9.59 Å². The molecule has 2 aliphatic rings. The Kier molecular flexibility index (Phi) is 3.82. The summed E-state index contributed by atoms with van der Waals surface area (Å²) in [5.74, 6) is 0.434. The fraction of sp³-hybridized carbons (Fsp3) is 0.421. The van der Waals surface area contributed by atoms with Crippen molar-refractivity contribution in [3.05, 3.63) is 47.3 Å². The molecular weight excluding hydrogens is 316 g/mol. The minimum absolute atomic E-state index is 0.0259. The van der Waals surface area contributed by atoms with Crippen LogP contribution in [0.4, 0.5) is 5.69 Å². The Morgan fingerprint density at radius 1 is 1.20 bits per heavy atom. The van der Waals surface area contributed by atoms with Gasteiger partial charge in [-0.05, 0) is 37.0 Å². The number of carbonyl (C=O) groups is 2. The zero-order valence-electron chi connectivity index (χ0n) is 14.5. The molecule has 2 heterocycles. The Morgan fingerprint density at radius 3 is 2.68 bits per heavy atom. The van der Waals surface area contributed by atoms with Gasteiger partial charge in [0.05, 0.1) is 11.7 Å². The molecule has 0 radical (unpaired) electrons. The van der Waals surface area contributed by atoms with Gasteiger partial charge < -0.3 is 10.2 Å². The maximum absolute atomic E-state index is 12.8. The van der Waals surface area contributed by atoms with Crippen molar-refractivity contribution in [2.24, 2.45) is 7.05 Å². The molecule has 1 N–H and O–H groups in total. The van der Waals surface area contributed by atoms with E-state index in [2.05, 4.69) is 10.4 Å². The summed E-state index contributed by atoms with van der Waals surface area (Å²) in [6, 6.07) is 9.58. The Bertz CT molecular complexity index is 838. The first-order valence-electron chi connectivity index (χ1n) is 8.76. The molecule has 1 saturated carbocycles. The van der Waals surface area contributed by atoms with Crippen molar-refractivity contribution >= 4 is 17.5 Å². The number of hydrogen-bond acceptors (Lipinski definition) is 3. The van der Waals surface area contributed by atoms with Crippen molar-refractivity contribution in [1.82, 2.24) is 15.1 Å². The van der Waals surface area contributed by atoms with E-state index in [0.29, 0.717) is 24.6 Å². The lowest BCUT2D eigenvalue weighted by Gasteiger charge is -2.34. The van der Waals surface area contributed by atoms with E-state index in [4.69, 9.17) is 0 Å². The van der Waals surface area contributed by atoms with Crippen LogP contribution < -0.4 is 10.2 Å². The highest BCUT2D eigenvalue weighted by atomic mass is 16.2. The second-order valence-electron chi connectivity index (χ2n) is 6.90. The third-order valence-electron chi connectivity index (χ3n) is 5.06. The number of nitrogens with zero attached hydrogens (tertiary/aromatic N) is 3. The zero-order chi connectivity index (χ0) is 17.6. The molecule has 4 rings (SSSR count). The Labute approximate surface area is 146 Å². The quantitative estimate of drug-likeness (QED) is 0.935. The predicted molar refractivity (Wildman–Crippen MR) is 94.5 cm³/mol. The van der Waals surface area contributed by atoms with Crippen LogP contribution in [0.3, 0.4) is 0 Å². The molecular formula is C19H22N4O2. The number of hydrogen-bond donors (Lipinski definition) is 1. The Balaban J connectivity index is 1.57. The van der Waals surface area contributed by atoms with Crippen LogP contribution in [0.25, 0.3) is 0 Å². The standard InChI is InChI=1S/C19H22N4O2/c1-12(24)23-10-9-15(14-5-3-4-6-17(14)23)20-19(25)18-11-16(13-7-8-13)21-22(18)2/h3-6,11,13,15H,7-10H2,1-2H3,(H,20,25). The van der Waals surface area contributed by atoms with Crippen molar-refractivity contribution in [2.75, 3.05) is 11.4 Å². The number of carbonyl (C=O) groups excluding carboxylic acids is 2. The van der Waals surface area contributed by atoms with E-state index in [1.54, 1.807) is 16.5 Å². The molecule has 1 aromatic carbocycles. The van der Waals surface area contributed by atoms with Crippen LogP contribution in [-0.2, 0) is 11.8 Å². The summed E-state index contributed by atoms with van der Waals surface area (Å²) in [7, 11) is 1.81. The largest absolute Gasteiger partial charge is 0.344 e. The number of rotatable bonds is 3. The maximum atomic E-state index is 12.8. The molecule has 2 aromatic rings. The summed E-state index contributed by atoms with van der Waals surface area (Å²) in [6.45, 7) is 2.18. The molecule has 1 aliphatic carbocycles. The normalized spacial score (nSPS) is 19.4. The minimum atomic E-state index is -0.113. The van der Waals surface area contributed by atoms with Gasteiger partial charge in [-0.3, -0.25) is 14.3 Å². The molecule has 130 valence electrons. The molecule has 1 unspecified atom stereocenters. The number of amides is 2. The summed E-state index contributed by atoms with van der Waals surface area (Å²) in [5.41, 5.74) is 3.48. The topological polar surface area (TPSA) is 67.2 Å². The number of benzene rings is 1. The van der Waals surface area contributed by atoms with Crippen LogP contribution in [0.5, 0.6) is 0 Å². The Hall–Kier alpha value is -2.63. The highest BCUT2D eigenvalue weighted by Crippen LogP contribution is 2.39. The van der Waals surface area contributed by atoms with E-state index in [1.165, 1.54) is 0 Å². The molecule has 1 fully saturated rings. The first-order valence-corrected chi connectivity index (χ1v) is 8.76. The summed E-state index contributed by atoms with van der Waals surface area (Å²) >= 11 is 0. The van der Waals surface area contributed by atoms with E-state index < -0.39 is 0 Å². The lowest BCUT2D eigenvalue weighted by Crippen LogP contribution is -2.40. The lowest BCUT2D eigenvalue weighted by molar-refractivity contribution is -0.116. The van der Waals surface area contributed by atoms with Gasteiger partial charge in [0.1, 0.15) is 5.69 Å². The summed E-state index contributed by atoms with van der Waals surface area (Å²) in [5, 5.41) is 7.60. The molecule has 25 heavy (non-hydrogen) atoms. The van der Waals surface area contributed by atoms with Gasteiger partial charge in [-0.15, -0.1) is 0 Å². The van der Waals surface area contributed by atoms with Crippen molar-refractivity contribution < 1.29 is 9.59 Å². The second kappa shape index (κ2) is 6.02. The molecule has 1 atom stereocenters. The number of para-hydroxylation sites is 1. The summed E-state index contributed by atoms with van der Waals surface area (Å²) in [4.78, 5) is 26.4. The average Bonchev–Trinajstić information content (AvgIpc) is 3.37. The number of fused-ring (bicyclic) bond motifs is 1. The van der Waals surface area contributed by atoms with Crippen molar-refractivity contribution in [3.63, 3.8) is 0 Å². The van der Waals surface area contributed by atoms with Crippen LogP contribution in [0.2, 0.25) is 0 Å². The fourth-order valence-corrected chi connectivity index (χ4v) is 3.55. The number of aromatic nitrogens is 2. The maximum Gasteiger partial charge on any atom is 0.270 e. The van der Waals surface area contributed by atoms with Gasteiger partial charge in [0.15, 0.2) is 0 Å². The molecule has 0 bridgehead atoms. The molecule has 1 aromatic heterocycles. The molecule has 0 saturated heterocycles. The monoisotopic (exact) mass is 338 g/mol. The van der Waals surface area contributed by atoms with Crippen LogP contribution in [-0.4, -0.2) is 28.1 Å². The van der Waals surface area contributed by atoms with Crippen molar-refractivity contribution in [2.45, 2.75) is 38.1 Å². The Morgan fingerprint density at radius 2 is 1.96 bits per heavy atom. The van der Waals surface area contributed by atoms with Crippen molar-refractivity contribution in [1.29, 1.82) is 0 Å². The molecule has 1 aliphatic heterocycles. The van der Waals surface area contributed by atoms with E-state index in [-0.39, 0.29) is 17.9 Å². The van der Waals surface area contributed by atoms with Gasteiger partial charge in [0, 0.05) is 32.1 Å². The van der Waals surface area contributed by atoms with Crippen LogP contribution in [0, 0.1) is 0 Å². The second-order valence-corrected chi connectivity index (χ2v) is 6.90. The third kappa shape index (κ3) is 2.92. The van der Waals surface area contributed by atoms with Gasteiger partial charge >= 0.3 is 0 Å². The first-order chi connectivity index (χ1) is 12.0. The average molecular weight is 338 g/mol. The van der Waals surface area contributed by atoms with Gasteiger partial charge in [-0.25, -0.2) is 0 Å². The SMILES string of the molecule is CC(=O)N1CCC(NC(=O)c2cc(C3CC3)nn2C)c2ccccc21. The minimum Gasteiger partial charge on any atom is -0.344 e. The van der Waals surface area contributed by atoms with E-state index in [0.717, 1.165) is 29.8 Å². The molecule has 2 amide bonds. The highest BCUT2D eigenvalue weighted by molar-refractivity contribution is 5.95. The molecule has 6 nitrogen and oxygen atoms in total. The number of aryl methyl sites for hydroxylation is 1. The van der Waals surface area contributed by atoms with E-state index in [1.807, 2.05) is 37.4 Å². The first kappa shape index (κ1) is 15.9. The van der Waals surface area contributed by atoms with Crippen LogP contribution in [0.1, 0.15) is 59.9 Å². The smallest absolute Gasteiger partial charge is 0.270 e. The van der Waals surface area contributed by atoms with Gasteiger partial charge in [0.25, 0.3) is 5.91 Å². The zero-order valence-corrected chi connectivity index (χ0v) is 14.5. The van der Waals surface area contributed by atoms with Crippen LogP contribution in [0.15, 0.2) is 30.3 Å². The number of anilines is 1. The van der Waals surface area contributed by atoms with E-state index >= 15 is 0 Å². The third-order valence-corrected chi connectivity index (χ3v) is 5.06. The lowest BCUT2D eigenvalue weighted by atomic mass is 9.96. The van der Waals surface area contributed by atoms with Crippen molar-refractivity contribution in [3.8, 4) is 0 Å². The highest BCUT2D eigenvalue weighted by Gasteiger charge is 2.30. The summed E-state index contributed by atoms with van der Waals surface area (Å²) in [6.07, 6.45) is 3.03. The van der Waals surface area contributed by atoms with Gasteiger partial charge in [-0.1, -0.05) is 18.2 Å². The van der Waals surface area contributed by atoms with Gasteiger partial charge in [-0.2, -0.15) is 5.10 Å². The molecule has 0 spiro atoms. The fourth-order valence-electron chi connectivity index (χ4n) is 3.55. The molecule has 6 heteroatoms.